The molecule has 1 aromatic carbocycles. The Hall–Kier alpha value is -2.03. The zero-order valence-corrected chi connectivity index (χ0v) is 18.4. The largest absolute Gasteiger partial charge is 0.351 e. The molecule has 2 unspecified atom stereocenters. The fourth-order valence-corrected chi connectivity index (χ4v) is 5.37. The van der Waals surface area contributed by atoms with Gasteiger partial charge in [-0.15, -0.1) is 0 Å². The van der Waals surface area contributed by atoms with Gasteiger partial charge in [0, 0.05) is 34.7 Å². The first-order chi connectivity index (χ1) is 15.0. The maximum atomic E-state index is 14.4. The van der Waals surface area contributed by atoms with Gasteiger partial charge in [0.25, 0.3) is 0 Å². The topological polar surface area (TPSA) is 57.3 Å². The number of carbonyl (C=O) groups is 1. The number of amides is 1. The Kier molecular flexibility index (Phi) is 7.20. The molecule has 166 valence electrons. The molecule has 2 aliphatic rings. The maximum Gasteiger partial charge on any atom is 0.238 e. The number of aromatic nitrogens is 1. The quantitative estimate of drug-likeness (QED) is 0.657. The van der Waals surface area contributed by atoms with Crippen molar-refractivity contribution in [3.8, 4) is 0 Å². The fourth-order valence-electron chi connectivity index (χ4n) is 4.25. The minimum Gasteiger partial charge on any atom is -0.351 e. The standard InChI is InChI=1S/C23H28F2N4OS/c1-15-2-7-22(29(15)31-19-5-3-18(24)4-6-19)23(30)28-13-17-12-21(27-14-20(17)25)16-8-10-26-11-9-16/h3-6,12,14-16,22,26H,2,7-11,13H2,1H3,(H,28,30). The van der Waals surface area contributed by atoms with E-state index in [1.165, 1.54) is 30.3 Å². The van der Waals surface area contributed by atoms with E-state index in [-0.39, 0.29) is 30.4 Å². The van der Waals surface area contributed by atoms with Crippen LogP contribution in [0.4, 0.5) is 8.78 Å². The molecule has 8 heteroatoms. The minimum atomic E-state index is -0.393. The van der Waals surface area contributed by atoms with Crippen molar-refractivity contribution in [1.82, 2.24) is 19.9 Å². The first-order valence-electron chi connectivity index (χ1n) is 10.9. The summed E-state index contributed by atoms with van der Waals surface area (Å²) < 4.78 is 29.6. The minimum absolute atomic E-state index is 0.112. The van der Waals surface area contributed by atoms with Crippen LogP contribution in [-0.2, 0) is 11.3 Å². The highest BCUT2D eigenvalue weighted by molar-refractivity contribution is 7.97. The van der Waals surface area contributed by atoms with Gasteiger partial charge in [-0.1, -0.05) is 0 Å². The summed E-state index contributed by atoms with van der Waals surface area (Å²) >= 11 is 1.47. The Labute approximate surface area is 186 Å². The van der Waals surface area contributed by atoms with Gasteiger partial charge in [-0.05, 0) is 88.0 Å². The predicted molar refractivity (Wildman–Crippen MR) is 117 cm³/mol. The molecule has 2 N–H and O–H groups in total. The third kappa shape index (κ3) is 5.42. The Morgan fingerprint density at radius 1 is 1.19 bits per heavy atom. The molecule has 4 rings (SSSR count). The van der Waals surface area contributed by atoms with Gasteiger partial charge in [-0.2, -0.15) is 0 Å². The van der Waals surface area contributed by atoms with E-state index in [1.54, 1.807) is 18.2 Å². The lowest BCUT2D eigenvalue weighted by Gasteiger charge is -2.26. The Balaban J connectivity index is 1.40. The molecule has 3 heterocycles. The summed E-state index contributed by atoms with van der Waals surface area (Å²) in [4.78, 5) is 18.1. The zero-order chi connectivity index (χ0) is 21.8. The average Bonchev–Trinajstić information content (AvgIpc) is 3.15. The van der Waals surface area contributed by atoms with E-state index in [0.717, 1.165) is 49.4 Å². The van der Waals surface area contributed by atoms with E-state index in [9.17, 15) is 13.6 Å². The molecule has 5 nitrogen and oxygen atoms in total. The van der Waals surface area contributed by atoms with Gasteiger partial charge in [0.15, 0.2) is 0 Å². The first-order valence-corrected chi connectivity index (χ1v) is 11.6. The van der Waals surface area contributed by atoms with E-state index in [0.29, 0.717) is 11.5 Å². The van der Waals surface area contributed by atoms with Crippen molar-refractivity contribution in [2.45, 2.75) is 62.0 Å². The summed E-state index contributed by atoms with van der Waals surface area (Å²) in [5.74, 6) is -0.458. The van der Waals surface area contributed by atoms with Crippen LogP contribution in [0, 0.1) is 11.6 Å². The van der Waals surface area contributed by atoms with Gasteiger partial charge >= 0.3 is 0 Å². The molecule has 2 aromatic rings. The lowest BCUT2D eigenvalue weighted by molar-refractivity contribution is -0.124. The molecule has 2 aliphatic heterocycles. The molecule has 31 heavy (non-hydrogen) atoms. The second-order valence-electron chi connectivity index (χ2n) is 8.29. The van der Waals surface area contributed by atoms with Crippen LogP contribution in [0.15, 0.2) is 41.4 Å². The highest BCUT2D eigenvalue weighted by Gasteiger charge is 2.36. The molecule has 2 atom stereocenters. The molecule has 0 aliphatic carbocycles. The fraction of sp³-hybridized carbons (Fsp3) is 0.478. The van der Waals surface area contributed by atoms with E-state index in [1.807, 2.05) is 0 Å². The lowest BCUT2D eigenvalue weighted by Crippen LogP contribution is -2.41. The Morgan fingerprint density at radius 3 is 2.68 bits per heavy atom. The van der Waals surface area contributed by atoms with Crippen LogP contribution in [0.5, 0.6) is 0 Å². The SMILES string of the molecule is CC1CCC(C(=O)NCc2cc(C3CCNCC3)ncc2F)N1Sc1ccc(F)cc1. The summed E-state index contributed by atoms with van der Waals surface area (Å²) in [5.41, 5.74) is 1.37. The summed E-state index contributed by atoms with van der Waals surface area (Å²) in [5, 5.41) is 6.25. The second-order valence-corrected chi connectivity index (χ2v) is 9.37. The number of hydrogen-bond acceptors (Lipinski definition) is 5. The monoisotopic (exact) mass is 446 g/mol. The van der Waals surface area contributed by atoms with Crippen molar-refractivity contribution < 1.29 is 13.6 Å². The number of hydrogen-bond donors (Lipinski definition) is 2. The van der Waals surface area contributed by atoms with Gasteiger partial charge in [-0.25, -0.2) is 13.1 Å². The van der Waals surface area contributed by atoms with Crippen molar-refractivity contribution in [2.24, 2.45) is 0 Å². The van der Waals surface area contributed by atoms with Crippen LogP contribution in [0.25, 0.3) is 0 Å². The van der Waals surface area contributed by atoms with Crippen LogP contribution in [0.2, 0.25) is 0 Å². The highest BCUT2D eigenvalue weighted by atomic mass is 32.2. The Bertz CT molecular complexity index is 905. The van der Waals surface area contributed by atoms with Gasteiger partial charge in [0.2, 0.25) is 5.91 Å². The van der Waals surface area contributed by atoms with Crippen molar-refractivity contribution >= 4 is 17.9 Å². The maximum absolute atomic E-state index is 14.4. The molecule has 1 amide bonds. The van der Waals surface area contributed by atoms with Crippen LogP contribution in [0.3, 0.4) is 0 Å². The number of nitrogens with one attached hydrogen (secondary N) is 2. The van der Waals surface area contributed by atoms with E-state index in [2.05, 4.69) is 26.8 Å². The van der Waals surface area contributed by atoms with Gasteiger partial charge < -0.3 is 10.6 Å². The average molecular weight is 447 g/mol. The van der Waals surface area contributed by atoms with Crippen LogP contribution < -0.4 is 10.6 Å². The third-order valence-electron chi connectivity index (χ3n) is 6.09. The molecule has 0 bridgehead atoms. The number of benzene rings is 1. The predicted octanol–water partition coefficient (Wildman–Crippen LogP) is 4.00. The number of rotatable bonds is 6. The van der Waals surface area contributed by atoms with Crippen LogP contribution in [-0.4, -0.2) is 40.4 Å². The van der Waals surface area contributed by atoms with Crippen LogP contribution in [0.1, 0.15) is 49.8 Å². The molecule has 0 saturated carbocycles. The molecular formula is C23H28F2N4OS. The number of carbonyl (C=O) groups excluding carboxylic acids is 1. The number of piperidine rings is 1. The van der Waals surface area contributed by atoms with E-state index < -0.39 is 5.82 Å². The van der Waals surface area contributed by atoms with E-state index in [4.69, 9.17) is 0 Å². The van der Waals surface area contributed by atoms with Crippen molar-refractivity contribution in [2.75, 3.05) is 13.1 Å². The molecule has 2 saturated heterocycles. The molecule has 0 spiro atoms. The summed E-state index contributed by atoms with van der Waals surface area (Å²) in [6.07, 6.45) is 4.88. The van der Waals surface area contributed by atoms with Gasteiger partial charge in [-0.3, -0.25) is 9.78 Å². The van der Waals surface area contributed by atoms with Crippen molar-refractivity contribution in [3.05, 3.63) is 59.4 Å². The summed E-state index contributed by atoms with van der Waals surface area (Å²) in [6, 6.07) is 7.99. The number of halogens is 2. The van der Waals surface area contributed by atoms with Crippen molar-refractivity contribution in [3.63, 3.8) is 0 Å². The second kappa shape index (κ2) is 10.1. The summed E-state index contributed by atoms with van der Waals surface area (Å²) in [6.45, 7) is 4.11. The van der Waals surface area contributed by atoms with Crippen LogP contribution >= 0.6 is 11.9 Å². The smallest absolute Gasteiger partial charge is 0.238 e. The van der Waals surface area contributed by atoms with E-state index >= 15 is 0 Å². The first kappa shape index (κ1) is 22.2. The van der Waals surface area contributed by atoms with Gasteiger partial charge in [0.05, 0.1) is 12.2 Å². The zero-order valence-electron chi connectivity index (χ0n) is 17.6. The molecule has 0 radical (unpaired) electrons. The van der Waals surface area contributed by atoms with Gasteiger partial charge in [0.1, 0.15) is 11.6 Å². The number of nitrogens with zero attached hydrogens (tertiary/aromatic N) is 2. The summed E-state index contributed by atoms with van der Waals surface area (Å²) in [7, 11) is 0. The Morgan fingerprint density at radius 2 is 1.94 bits per heavy atom. The molecule has 1 aromatic heterocycles. The number of pyridine rings is 1. The third-order valence-corrected chi connectivity index (χ3v) is 7.40. The highest BCUT2D eigenvalue weighted by Crippen LogP contribution is 2.35. The molecule has 2 fully saturated rings. The normalized spacial score (nSPS) is 22.5. The van der Waals surface area contributed by atoms with Crippen molar-refractivity contribution in [1.29, 1.82) is 0 Å². The molecular weight excluding hydrogens is 418 g/mol. The lowest BCUT2D eigenvalue weighted by atomic mass is 9.93.